The molecule has 182 valence electrons. The maximum Gasteiger partial charge on any atom is 0.294 e. The van der Waals surface area contributed by atoms with Gasteiger partial charge in [-0.15, -0.1) is 0 Å². The summed E-state index contributed by atoms with van der Waals surface area (Å²) in [4.78, 5) is 42.3. The molecule has 4 heterocycles. The second kappa shape index (κ2) is 9.92. The van der Waals surface area contributed by atoms with Crippen molar-refractivity contribution >= 4 is 32.7 Å². The van der Waals surface area contributed by atoms with Crippen molar-refractivity contribution in [2.75, 3.05) is 25.2 Å². The number of benzene rings is 1. The minimum atomic E-state index is -0.354. The molecule has 0 bridgehead atoms. The van der Waals surface area contributed by atoms with Crippen LogP contribution in [0.1, 0.15) is 24.2 Å². The van der Waals surface area contributed by atoms with Crippen molar-refractivity contribution in [3.63, 3.8) is 0 Å². The molecule has 1 aliphatic heterocycles. The molecular weight excluding hydrogens is 470 g/mol. The smallest absolute Gasteiger partial charge is 0.294 e. The summed E-state index contributed by atoms with van der Waals surface area (Å²) in [6.07, 6.45) is 1.58. The lowest BCUT2D eigenvalue weighted by Crippen LogP contribution is -2.43. The third kappa shape index (κ3) is 4.66. The number of nitrogens with zero attached hydrogens (tertiary/aromatic N) is 6. The Bertz CT molecular complexity index is 1400. The Hall–Kier alpha value is -3.64. The van der Waals surface area contributed by atoms with Gasteiger partial charge in [-0.2, -0.15) is 4.98 Å². The zero-order valence-corrected chi connectivity index (χ0v) is 20.2. The number of thiazole rings is 1. The number of carbonyl (C=O) groups is 1. The van der Waals surface area contributed by atoms with Gasteiger partial charge in [0.1, 0.15) is 6.04 Å². The van der Waals surface area contributed by atoms with E-state index in [9.17, 15) is 9.59 Å². The average molecular weight is 496 g/mol. The van der Waals surface area contributed by atoms with E-state index in [0.29, 0.717) is 41.9 Å². The fraction of sp³-hybridized carbons (Fsp3) is 0.391. The molecule has 1 N–H and O–H groups in total. The Morgan fingerprint density at radius 2 is 2.09 bits per heavy atom. The maximum atomic E-state index is 13.4. The molecule has 1 fully saturated rings. The highest BCUT2D eigenvalue weighted by atomic mass is 32.1. The molecule has 0 aliphatic carbocycles. The maximum absolute atomic E-state index is 13.4. The Morgan fingerprint density at radius 1 is 1.26 bits per heavy atom. The van der Waals surface area contributed by atoms with Gasteiger partial charge >= 0.3 is 0 Å². The Balaban J connectivity index is 1.45. The second-order valence-electron chi connectivity index (χ2n) is 8.24. The second-order valence-corrected chi connectivity index (χ2v) is 9.19. The Morgan fingerprint density at radius 3 is 2.83 bits per heavy atom. The van der Waals surface area contributed by atoms with Gasteiger partial charge in [-0.3, -0.25) is 14.2 Å². The number of nitrogens with one attached hydrogen (secondary N) is 1. The zero-order chi connectivity index (χ0) is 24.4. The first-order valence-corrected chi connectivity index (χ1v) is 12.2. The van der Waals surface area contributed by atoms with Crippen LogP contribution in [0.5, 0.6) is 0 Å². The third-order valence-electron chi connectivity index (χ3n) is 5.86. The van der Waals surface area contributed by atoms with Crippen LogP contribution in [0.25, 0.3) is 22.1 Å². The average Bonchev–Trinajstić information content (AvgIpc) is 3.61. The van der Waals surface area contributed by atoms with Gasteiger partial charge in [0.25, 0.3) is 11.4 Å². The van der Waals surface area contributed by atoms with Gasteiger partial charge in [-0.25, -0.2) is 9.97 Å². The molecule has 4 aromatic rings. The van der Waals surface area contributed by atoms with E-state index in [4.69, 9.17) is 9.26 Å². The number of amides is 1. The number of fused-ring (bicyclic) bond motifs is 1. The largest absolute Gasteiger partial charge is 0.383 e. The van der Waals surface area contributed by atoms with Gasteiger partial charge in [0, 0.05) is 20.2 Å². The number of hydrogen-bond acceptors (Lipinski definition) is 10. The molecule has 3 aromatic heterocycles. The van der Waals surface area contributed by atoms with E-state index < -0.39 is 0 Å². The lowest BCUT2D eigenvalue weighted by atomic mass is 10.2. The zero-order valence-electron chi connectivity index (χ0n) is 19.4. The van der Waals surface area contributed by atoms with Crippen LogP contribution in [0.2, 0.25) is 0 Å². The molecule has 1 aliphatic rings. The summed E-state index contributed by atoms with van der Waals surface area (Å²) in [6.45, 7) is 3.40. The summed E-state index contributed by atoms with van der Waals surface area (Å²) in [6, 6.07) is 9.43. The van der Waals surface area contributed by atoms with Crippen LogP contribution in [0.15, 0.2) is 39.6 Å². The number of methoxy groups -OCH3 is 1. The molecule has 1 amide bonds. The van der Waals surface area contributed by atoms with E-state index in [-0.39, 0.29) is 41.3 Å². The first-order valence-electron chi connectivity index (χ1n) is 11.3. The molecule has 1 aromatic carbocycles. The fourth-order valence-corrected chi connectivity index (χ4v) is 5.14. The van der Waals surface area contributed by atoms with Crippen molar-refractivity contribution in [3.05, 3.63) is 52.1 Å². The lowest BCUT2D eigenvalue weighted by Gasteiger charge is -2.23. The van der Waals surface area contributed by atoms with Crippen molar-refractivity contribution in [2.45, 2.75) is 38.9 Å². The minimum absolute atomic E-state index is 0.0573. The van der Waals surface area contributed by atoms with Crippen molar-refractivity contribution in [1.82, 2.24) is 30.0 Å². The summed E-state index contributed by atoms with van der Waals surface area (Å²) < 4.78 is 11.9. The summed E-state index contributed by atoms with van der Waals surface area (Å²) >= 11 is 1.28. The van der Waals surface area contributed by atoms with Crippen LogP contribution < -0.4 is 15.8 Å². The van der Waals surface area contributed by atoms with Gasteiger partial charge in [-0.1, -0.05) is 46.8 Å². The van der Waals surface area contributed by atoms with Crippen LogP contribution >= 0.6 is 11.3 Å². The van der Waals surface area contributed by atoms with E-state index >= 15 is 0 Å². The normalized spacial score (nSPS) is 15.7. The first kappa shape index (κ1) is 23.1. The fourth-order valence-electron chi connectivity index (χ4n) is 4.13. The van der Waals surface area contributed by atoms with E-state index in [2.05, 4.69) is 25.4 Å². The summed E-state index contributed by atoms with van der Waals surface area (Å²) in [5.74, 6) is 0.818. The lowest BCUT2D eigenvalue weighted by molar-refractivity contribution is -0.122. The van der Waals surface area contributed by atoms with Gasteiger partial charge in [0.15, 0.2) is 21.3 Å². The van der Waals surface area contributed by atoms with Crippen molar-refractivity contribution in [1.29, 1.82) is 0 Å². The van der Waals surface area contributed by atoms with E-state index in [0.717, 1.165) is 12.0 Å². The predicted octanol–water partition coefficient (Wildman–Crippen LogP) is 2.14. The summed E-state index contributed by atoms with van der Waals surface area (Å²) in [5, 5.41) is 7.44. The first-order chi connectivity index (χ1) is 17.0. The minimum Gasteiger partial charge on any atom is -0.383 e. The van der Waals surface area contributed by atoms with Gasteiger partial charge < -0.3 is 19.5 Å². The van der Waals surface area contributed by atoms with Crippen molar-refractivity contribution in [3.8, 4) is 11.7 Å². The van der Waals surface area contributed by atoms with Crippen molar-refractivity contribution in [2.24, 2.45) is 0 Å². The van der Waals surface area contributed by atoms with Gasteiger partial charge in [0.05, 0.1) is 13.2 Å². The number of anilines is 1. The molecule has 0 radical (unpaired) electrons. The van der Waals surface area contributed by atoms with E-state index in [1.807, 2.05) is 35.2 Å². The van der Waals surface area contributed by atoms with Gasteiger partial charge in [-0.05, 0) is 25.3 Å². The third-order valence-corrected chi connectivity index (χ3v) is 6.84. The number of hydrogen-bond donors (Lipinski definition) is 1. The van der Waals surface area contributed by atoms with Crippen LogP contribution in [0.3, 0.4) is 0 Å². The number of aryl methyl sites for hydroxylation is 1. The van der Waals surface area contributed by atoms with Crippen LogP contribution in [0, 0.1) is 6.92 Å². The number of rotatable bonds is 8. The monoisotopic (exact) mass is 495 g/mol. The highest BCUT2D eigenvalue weighted by Crippen LogP contribution is 2.32. The standard InChI is InChI=1S/C23H25N7O4S/c1-14-25-20(34-28-14)18-27-21-17(22(32)30(18)11-12-33-2)26-23(35-21)29-10-6-9-16(29)19(31)24-13-15-7-4-3-5-8-15/h3-5,7-8,16H,6,9-13H2,1-2H3,(H,24,31). The molecule has 1 atom stereocenters. The van der Waals surface area contributed by atoms with E-state index in [1.54, 1.807) is 14.0 Å². The molecule has 0 saturated carbocycles. The molecule has 1 unspecified atom stereocenters. The van der Waals surface area contributed by atoms with Crippen LogP contribution in [-0.2, 0) is 22.6 Å². The van der Waals surface area contributed by atoms with Crippen molar-refractivity contribution < 1.29 is 14.1 Å². The molecule has 5 rings (SSSR count). The predicted molar refractivity (Wildman–Crippen MR) is 130 cm³/mol. The highest BCUT2D eigenvalue weighted by molar-refractivity contribution is 7.21. The topological polar surface area (TPSA) is 128 Å². The molecule has 12 heteroatoms. The summed E-state index contributed by atoms with van der Waals surface area (Å²) in [5.41, 5.74) is 0.969. The molecule has 11 nitrogen and oxygen atoms in total. The number of aromatic nitrogens is 5. The Labute approximate surface area is 204 Å². The van der Waals surface area contributed by atoms with Crippen LogP contribution in [0.4, 0.5) is 5.13 Å². The highest BCUT2D eigenvalue weighted by Gasteiger charge is 2.33. The molecule has 0 spiro atoms. The number of carbonyl (C=O) groups excluding carboxylic acids is 1. The number of ether oxygens (including phenoxy) is 1. The summed E-state index contributed by atoms with van der Waals surface area (Å²) in [7, 11) is 1.56. The van der Waals surface area contributed by atoms with E-state index in [1.165, 1.54) is 15.9 Å². The SMILES string of the molecule is COCCn1c(-c2nc(C)no2)nc2sc(N3CCCC3C(=O)NCc3ccccc3)nc2c1=O. The van der Waals surface area contributed by atoms with Gasteiger partial charge in [0.2, 0.25) is 11.7 Å². The molecular formula is C23H25N7O4S. The quantitative estimate of drug-likeness (QED) is 0.391. The molecule has 1 saturated heterocycles. The molecule has 35 heavy (non-hydrogen) atoms. The Kier molecular flexibility index (Phi) is 6.55. The van der Waals surface area contributed by atoms with Crippen LogP contribution in [-0.4, -0.2) is 56.9 Å².